The Kier molecular flexibility index (Phi) is 8.05. The average Bonchev–Trinajstić information content (AvgIpc) is 3.02. The molecule has 1 aliphatic heterocycles. The van der Waals surface area contributed by atoms with Crippen molar-refractivity contribution >= 4 is 40.7 Å². The molecule has 0 radical (unpaired) electrons. The summed E-state index contributed by atoms with van der Waals surface area (Å²) in [5, 5.41) is 11.8. The number of carbonyl (C=O) groups excluding carboxylic acids is 2. The molecule has 176 valence electrons. The quantitative estimate of drug-likeness (QED) is 0.303. The lowest BCUT2D eigenvalue weighted by Crippen LogP contribution is -2.32. The molecule has 1 N–H and O–H groups in total. The number of amides is 1. The SMILES string of the molecule is COCCN1C(=O)C(=O)/C(=C(/O)c2ccc(OCC(C)C)c(C)c2)[C@H]1c1ccc(Cl)c(Cl)c1. The maximum atomic E-state index is 13.0. The molecule has 1 fully saturated rings. The van der Waals surface area contributed by atoms with Gasteiger partial charge in [-0.25, -0.2) is 0 Å². The van der Waals surface area contributed by atoms with E-state index in [1.165, 1.54) is 12.0 Å². The van der Waals surface area contributed by atoms with E-state index in [9.17, 15) is 14.7 Å². The van der Waals surface area contributed by atoms with Crippen LogP contribution in [0.15, 0.2) is 42.0 Å². The molecule has 1 aliphatic rings. The highest BCUT2D eigenvalue weighted by Crippen LogP contribution is 2.41. The summed E-state index contributed by atoms with van der Waals surface area (Å²) in [6, 6.07) is 9.22. The van der Waals surface area contributed by atoms with E-state index in [0.29, 0.717) is 34.4 Å². The summed E-state index contributed by atoms with van der Waals surface area (Å²) >= 11 is 12.3. The van der Waals surface area contributed by atoms with E-state index >= 15 is 0 Å². The lowest BCUT2D eigenvalue weighted by atomic mass is 9.95. The van der Waals surface area contributed by atoms with E-state index in [1.807, 2.05) is 6.92 Å². The van der Waals surface area contributed by atoms with Gasteiger partial charge in [0.05, 0.1) is 34.9 Å². The second-order valence-corrected chi connectivity index (χ2v) is 9.16. The maximum Gasteiger partial charge on any atom is 0.295 e. The second-order valence-electron chi connectivity index (χ2n) is 8.34. The van der Waals surface area contributed by atoms with Crippen molar-refractivity contribution in [3.8, 4) is 5.75 Å². The molecule has 33 heavy (non-hydrogen) atoms. The fourth-order valence-corrected chi connectivity index (χ4v) is 4.01. The Morgan fingerprint density at radius 2 is 1.85 bits per heavy atom. The molecule has 0 saturated carbocycles. The van der Waals surface area contributed by atoms with Gasteiger partial charge in [0.2, 0.25) is 0 Å². The van der Waals surface area contributed by atoms with Crippen molar-refractivity contribution < 1.29 is 24.2 Å². The van der Waals surface area contributed by atoms with Gasteiger partial charge in [-0.15, -0.1) is 0 Å². The van der Waals surface area contributed by atoms with Gasteiger partial charge in [-0.3, -0.25) is 9.59 Å². The summed E-state index contributed by atoms with van der Waals surface area (Å²) in [4.78, 5) is 27.3. The van der Waals surface area contributed by atoms with Crippen LogP contribution in [0, 0.1) is 12.8 Å². The lowest BCUT2D eigenvalue weighted by molar-refractivity contribution is -0.140. The number of aliphatic hydroxyl groups is 1. The average molecular weight is 492 g/mol. The first-order valence-electron chi connectivity index (χ1n) is 10.6. The van der Waals surface area contributed by atoms with Crippen molar-refractivity contribution in [2.24, 2.45) is 5.92 Å². The van der Waals surface area contributed by atoms with Crippen LogP contribution in [0.5, 0.6) is 5.75 Å². The van der Waals surface area contributed by atoms with Gasteiger partial charge in [-0.05, 0) is 54.3 Å². The van der Waals surface area contributed by atoms with Gasteiger partial charge >= 0.3 is 0 Å². The summed E-state index contributed by atoms with van der Waals surface area (Å²) in [7, 11) is 1.51. The Labute approximate surface area is 203 Å². The summed E-state index contributed by atoms with van der Waals surface area (Å²) < 4.78 is 10.9. The topological polar surface area (TPSA) is 76.1 Å². The molecular formula is C25H27Cl2NO5. The molecule has 0 unspecified atom stereocenters. The number of likely N-dealkylation sites (tertiary alicyclic amines) is 1. The van der Waals surface area contributed by atoms with Crippen molar-refractivity contribution in [3.63, 3.8) is 0 Å². The Balaban J connectivity index is 2.10. The number of carbonyl (C=O) groups is 2. The number of ether oxygens (including phenoxy) is 2. The number of ketones is 1. The van der Waals surface area contributed by atoms with Crippen molar-refractivity contribution in [3.05, 3.63) is 68.7 Å². The Hall–Kier alpha value is -2.54. The van der Waals surface area contributed by atoms with Crippen LogP contribution in [0.2, 0.25) is 10.0 Å². The molecule has 1 atom stereocenters. The number of methoxy groups -OCH3 is 1. The number of hydrogen-bond donors (Lipinski definition) is 1. The summed E-state index contributed by atoms with van der Waals surface area (Å²) in [5.74, 6) is -0.674. The number of benzene rings is 2. The molecular weight excluding hydrogens is 465 g/mol. The van der Waals surface area contributed by atoms with Gasteiger partial charge in [0.25, 0.3) is 11.7 Å². The third kappa shape index (κ3) is 5.35. The summed E-state index contributed by atoms with van der Waals surface area (Å²) in [5.41, 5.74) is 1.78. The number of nitrogens with zero attached hydrogens (tertiary/aromatic N) is 1. The fraction of sp³-hybridized carbons (Fsp3) is 0.360. The molecule has 3 rings (SSSR count). The van der Waals surface area contributed by atoms with Crippen LogP contribution in [-0.4, -0.2) is 48.6 Å². The largest absolute Gasteiger partial charge is 0.507 e. The highest BCUT2D eigenvalue weighted by Gasteiger charge is 2.46. The minimum absolute atomic E-state index is 0.00950. The molecule has 1 saturated heterocycles. The third-order valence-corrected chi connectivity index (χ3v) is 6.10. The Bertz CT molecular complexity index is 1100. The van der Waals surface area contributed by atoms with Crippen LogP contribution in [0.25, 0.3) is 5.76 Å². The van der Waals surface area contributed by atoms with Crippen LogP contribution in [-0.2, 0) is 14.3 Å². The van der Waals surface area contributed by atoms with E-state index in [2.05, 4.69) is 13.8 Å². The van der Waals surface area contributed by atoms with Crippen molar-refractivity contribution in [2.75, 3.05) is 26.9 Å². The number of aliphatic hydroxyl groups excluding tert-OH is 1. The third-order valence-electron chi connectivity index (χ3n) is 5.36. The van der Waals surface area contributed by atoms with Gasteiger partial charge in [0.1, 0.15) is 11.5 Å². The molecule has 0 spiro atoms. The molecule has 0 aliphatic carbocycles. The normalized spacial score (nSPS) is 17.8. The molecule has 1 heterocycles. The van der Waals surface area contributed by atoms with Crippen molar-refractivity contribution in [1.82, 2.24) is 4.90 Å². The zero-order chi connectivity index (χ0) is 24.3. The monoisotopic (exact) mass is 491 g/mol. The zero-order valence-electron chi connectivity index (χ0n) is 19.0. The number of aryl methyl sites for hydroxylation is 1. The Morgan fingerprint density at radius 3 is 2.45 bits per heavy atom. The van der Waals surface area contributed by atoms with Crippen LogP contribution < -0.4 is 4.74 Å². The maximum absolute atomic E-state index is 13.0. The first kappa shape index (κ1) is 25.1. The predicted molar refractivity (Wildman–Crippen MR) is 129 cm³/mol. The van der Waals surface area contributed by atoms with E-state index in [4.69, 9.17) is 32.7 Å². The van der Waals surface area contributed by atoms with Gasteiger partial charge in [-0.2, -0.15) is 0 Å². The minimum Gasteiger partial charge on any atom is -0.507 e. The number of hydrogen-bond acceptors (Lipinski definition) is 5. The molecule has 2 aromatic carbocycles. The smallest absolute Gasteiger partial charge is 0.295 e. The molecule has 1 amide bonds. The van der Waals surface area contributed by atoms with Crippen LogP contribution >= 0.6 is 23.2 Å². The number of rotatable bonds is 8. The van der Waals surface area contributed by atoms with Crippen LogP contribution in [0.3, 0.4) is 0 Å². The number of halogens is 2. The molecule has 6 nitrogen and oxygen atoms in total. The highest BCUT2D eigenvalue weighted by atomic mass is 35.5. The summed E-state index contributed by atoms with van der Waals surface area (Å²) in [6.07, 6.45) is 0. The van der Waals surface area contributed by atoms with Gasteiger partial charge < -0.3 is 19.5 Å². The lowest BCUT2D eigenvalue weighted by Gasteiger charge is -2.25. The van der Waals surface area contributed by atoms with E-state index in [-0.39, 0.29) is 29.5 Å². The van der Waals surface area contributed by atoms with Gasteiger partial charge in [0.15, 0.2) is 0 Å². The van der Waals surface area contributed by atoms with E-state index in [0.717, 1.165) is 5.56 Å². The first-order chi connectivity index (χ1) is 15.6. The molecule has 0 bridgehead atoms. The van der Waals surface area contributed by atoms with Crippen LogP contribution in [0.1, 0.15) is 36.6 Å². The Morgan fingerprint density at radius 1 is 1.12 bits per heavy atom. The van der Waals surface area contributed by atoms with Crippen LogP contribution in [0.4, 0.5) is 0 Å². The van der Waals surface area contributed by atoms with Crippen molar-refractivity contribution in [1.29, 1.82) is 0 Å². The number of Topliss-reactive ketones (excluding diaryl/α,β-unsaturated/α-hetero) is 1. The van der Waals surface area contributed by atoms with Crippen molar-refractivity contribution in [2.45, 2.75) is 26.8 Å². The summed E-state index contributed by atoms with van der Waals surface area (Å²) in [6.45, 7) is 6.94. The molecule has 8 heteroatoms. The van der Waals surface area contributed by atoms with E-state index in [1.54, 1.807) is 36.4 Å². The second kappa shape index (κ2) is 10.6. The highest BCUT2D eigenvalue weighted by molar-refractivity contribution is 6.46. The standard InChI is InChI=1S/C25H27Cl2NO5/c1-14(2)13-33-20-8-6-17(11-15(20)3)23(29)21-22(16-5-7-18(26)19(27)12-16)28(9-10-32-4)25(31)24(21)30/h5-8,11-12,14,22,29H,9-10,13H2,1-4H3/b23-21+/t22-/m1/s1. The predicted octanol–water partition coefficient (Wildman–Crippen LogP) is 5.40. The van der Waals surface area contributed by atoms with Gasteiger partial charge in [0, 0.05) is 19.2 Å². The molecule has 2 aromatic rings. The zero-order valence-corrected chi connectivity index (χ0v) is 20.5. The molecule has 0 aromatic heterocycles. The van der Waals surface area contributed by atoms with E-state index < -0.39 is 17.7 Å². The van der Waals surface area contributed by atoms with Gasteiger partial charge in [-0.1, -0.05) is 43.1 Å². The fourth-order valence-electron chi connectivity index (χ4n) is 3.70. The minimum atomic E-state index is -0.827. The first-order valence-corrected chi connectivity index (χ1v) is 11.4.